The van der Waals surface area contributed by atoms with Crippen LogP contribution in [0.5, 0.6) is 0 Å². The van der Waals surface area contributed by atoms with E-state index >= 15 is 0 Å². The average molecular weight is 362 g/mol. The van der Waals surface area contributed by atoms with Gasteiger partial charge >= 0.3 is 139 Å². The number of hydrogen-bond donors (Lipinski definition) is 0. The molecule has 0 saturated carbocycles. The van der Waals surface area contributed by atoms with Gasteiger partial charge in [-0.1, -0.05) is 0 Å². The zero-order valence-corrected chi connectivity index (χ0v) is 15.0. The van der Waals surface area contributed by atoms with E-state index in [4.69, 9.17) is 0 Å². The van der Waals surface area contributed by atoms with Crippen molar-refractivity contribution in [2.24, 2.45) is 0 Å². The molecule has 23 heavy (non-hydrogen) atoms. The van der Waals surface area contributed by atoms with Crippen molar-refractivity contribution in [3.63, 3.8) is 0 Å². The van der Waals surface area contributed by atoms with Gasteiger partial charge < -0.3 is 0 Å². The van der Waals surface area contributed by atoms with Gasteiger partial charge in [-0.15, -0.1) is 0 Å². The van der Waals surface area contributed by atoms with Crippen LogP contribution in [-0.4, -0.2) is 23.7 Å². The molecular weight excluding hydrogens is 343 g/mol. The van der Waals surface area contributed by atoms with Crippen LogP contribution in [0.15, 0.2) is 91.0 Å². The number of carbonyl (C=O) groups excluding carboxylic acids is 1. The van der Waals surface area contributed by atoms with Gasteiger partial charge in [-0.3, -0.25) is 0 Å². The molecule has 0 amide bonds. The molecule has 1 nitrogen and oxygen atoms in total. The van der Waals surface area contributed by atoms with Crippen molar-refractivity contribution in [1.29, 1.82) is 0 Å². The Bertz CT molecular complexity index is 733. The summed E-state index contributed by atoms with van der Waals surface area (Å²) in [6.07, 6.45) is 0. The SMILES string of the molecule is CC(=O)C=[As](c1ccccc1)(c1ccccc1)c1ccccc1. The van der Waals surface area contributed by atoms with Gasteiger partial charge in [-0.05, 0) is 0 Å². The minimum absolute atomic E-state index is 0.133. The number of ketones is 1. The quantitative estimate of drug-likeness (QED) is 0.650. The van der Waals surface area contributed by atoms with E-state index in [1.54, 1.807) is 6.92 Å². The van der Waals surface area contributed by atoms with Crippen LogP contribution in [0.25, 0.3) is 0 Å². The maximum absolute atomic E-state index is 12.2. The zero-order valence-electron chi connectivity index (χ0n) is 13.1. The topological polar surface area (TPSA) is 17.1 Å². The summed E-state index contributed by atoms with van der Waals surface area (Å²) in [6, 6.07) is 31.4. The molecule has 0 aromatic heterocycles. The molecule has 0 spiro atoms. The molecule has 3 aromatic rings. The van der Waals surface area contributed by atoms with E-state index in [0.717, 1.165) is 0 Å². The monoisotopic (exact) mass is 362 g/mol. The van der Waals surface area contributed by atoms with E-state index in [9.17, 15) is 4.79 Å². The predicted octanol–water partition coefficient (Wildman–Crippen LogP) is 2.13. The molecule has 0 atom stereocenters. The first-order chi connectivity index (χ1) is 11.2. The van der Waals surface area contributed by atoms with E-state index in [-0.39, 0.29) is 5.78 Å². The fraction of sp³-hybridized carbons (Fsp3) is 0.0476. The second kappa shape index (κ2) is 6.89. The number of benzene rings is 3. The van der Waals surface area contributed by atoms with E-state index in [0.29, 0.717) is 0 Å². The van der Waals surface area contributed by atoms with Crippen molar-refractivity contribution in [1.82, 2.24) is 0 Å². The maximum atomic E-state index is 12.2. The Morgan fingerprint density at radius 1 is 0.652 bits per heavy atom. The Morgan fingerprint density at radius 3 is 1.22 bits per heavy atom. The van der Waals surface area contributed by atoms with Crippen LogP contribution in [-0.2, 0) is 4.79 Å². The molecule has 0 unspecified atom stereocenters. The van der Waals surface area contributed by atoms with Crippen molar-refractivity contribution < 1.29 is 4.79 Å². The molecule has 0 radical (unpaired) electrons. The number of Topliss-reactive ketones (excluding diaryl/α,β-unsaturated/α-hetero) is 1. The molecule has 114 valence electrons. The van der Waals surface area contributed by atoms with Crippen molar-refractivity contribution >= 4 is 36.8 Å². The standard InChI is InChI=1S/C21H19AsO/c1-18(23)17-22(19-11-5-2-6-12-19,20-13-7-3-8-14-20)21-15-9-4-10-16-21/h2-17H,1H3. The normalized spacial score (nSPS) is 11.0. The zero-order chi connectivity index (χ0) is 16.1. The Balaban J connectivity index is 2.43. The van der Waals surface area contributed by atoms with Gasteiger partial charge in [-0.25, -0.2) is 0 Å². The molecule has 0 bridgehead atoms. The molecule has 0 aliphatic rings. The average Bonchev–Trinajstić information content (AvgIpc) is 2.62. The van der Waals surface area contributed by atoms with Crippen LogP contribution in [0.2, 0.25) is 0 Å². The summed E-state index contributed by atoms with van der Waals surface area (Å²) in [7, 11) is 0. The van der Waals surface area contributed by atoms with Crippen molar-refractivity contribution in [3.8, 4) is 0 Å². The van der Waals surface area contributed by atoms with Crippen LogP contribution in [0, 0.1) is 0 Å². The molecule has 0 saturated heterocycles. The Labute approximate surface area is 139 Å². The van der Waals surface area contributed by atoms with Crippen LogP contribution in [0.3, 0.4) is 0 Å². The molecule has 0 aliphatic heterocycles. The van der Waals surface area contributed by atoms with E-state index in [2.05, 4.69) is 72.8 Å². The second-order valence-corrected chi connectivity index (χ2v) is 12.3. The van der Waals surface area contributed by atoms with Gasteiger partial charge in [0.1, 0.15) is 0 Å². The molecule has 3 rings (SSSR count). The van der Waals surface area contributed by atoms with Crippen molar-refractivity contribution in [3.05, 3.63) is 91.0 Å². The molecule has 3 aromatic carbocycles. The number of hydrogen-bond acceptors (Lipinski definition) is 1. The van der Waals surface area contributed by atoms with Crippen LogP contribution in [0.1, 0.15) is 6.92 Å². The molecule has 0 N–H and O–H groups in total. The Morgan fingerprint density at radius 2 is 0.957 bits per heavy atom. The molecule has 0 aliphatic carbocycles. The molecular formula is C21H19AsO. The summed E-state index contributed by atoms with van der Waals surface area (Å²) in [4.78, 5) is 14.2. The predicted molar refractivity (Wildman–Crippen MR) is 101 cm³/mol. The third-order valence-corrected chi connectivity index (χ3v) is 12.4. The molecule has 2 heteroatoms. The van der Waals surface area contributed by atoms with E-state index in [1.807, 2.05) is 23.0 Å². The fourth-order valence-corrected chi connectivity index (χ4v) is 10.9. The summed E-state index contributed by atoms with van der Waals surface area (Å²) >= 11 is -2.91. The van der Waals surface area contributed by atoms with Crippen molar-refractivity contribution in [2.75, 3.05) is 0 Å². The third kappa shape index (κ3) is 3.11. The van der Waals surface area contributed by atoms with E-state index in [1.165, 1.54) is 13.1 Å². The Kier molecular flexibility index (Phi) is 4.69. The number of rotatable bonds is 4. The van der Waals surface area contributed by atoms with Gasteiger partial charge in [0.2, 0.25) is 0 Å². The summed E-state index contributed by atoms with van der Waals surface area (Å²) < 4.78 is 3.79. The van der Waals surface area contributed by atoms with Gasteiger partial charge in [0, 0.05) is 0 Å². The first-order valence-corrected chi connectivity index (χ1v) is 11.6. The van der Waals surface area contributed by atoms with Gasteiger partial charge in [0.15, 0.2) is 0 Å². The fourth-order valence-electron chi connectivity index (χ4n) is 2.93. The third-order valence-electron chi connectivity index (χ3n) is 3.87. The van der Waals surface area contributed by atoms with Crippen LogP contribution >= 0.6 is 0 Å². The first kappa shape index (κ1) is 15.6. The minimum atomic E-state index is -2.91. The van der Waals surface area contributed by atoms with Crippen molar-refractivity contribution in [2.45, 2.75) is 6.92 Å². The molecule has 0 heterocycles. The van der Waals surface area contributed by atoms with Crippen LogP contribution < -0.4 is 13.1 Å². The van der Waals surface area contributed by atoms with E-state index < -0.39 is 13.1 Å². The second-order valence-electron chi connectivity index (χ2n) is 5.47. The van der Waals surface area contributed by atoms with Crippen LogP contribution in [0.4, 0.5) is 0 Å². The van der Waals surface area contributed by atoms with Gasteiger partial charge in [0.25, 0.3) is 0 Å². The summed E-state index contributed by atoms with van der Waals surface area (Å²) in [6.45, 7) is 1.66. The first-order valence-electron chi connectivity index (χ1n) is 7.65. The summed E-state index contributed by atoms with van der Waals surface area (Å²) in [5.41, 5.74) is 0. The number of carbonyl (C=O) groups is 1. The summed E-state index contributed by atoms with van der Waals surface area (Å²) in [5.74, 6) is 0.133. The Hall–Kier alpha value is -2.24. The van der Waals surface area contributed by atoms with Gasteiger partial charge in [0.05, 0.1) is 0 Å². The molecule has 0 fully saturated rings. The summed E-state index contributed by atoms with van der Waals surface area (Å²) in [5, 5.41) is 0. The van der Waals surface area contributed by atoms with Gasteiger partial charge in [-0.2, -0.15) is 0 Å².